The molecule has 1 aromatic carbocycles. The molecule has 1 aliphatic rings. The molecule has 0 spiro atoms. The smallest absolute Gasteiger partial charge is 0.0809 e. The molecule has 1 fully saturated rings. The molecule has 0 saturated heterocycles. The Labute approximate surface area is 89.7 Å². The van der Waals surface area contributed by atoms with Gasteiger partial charge in [0.25, 0.3) is 0 Å². The van der Waals surface area contributed by atoms with Crippen LogP contribution in [0.4, 0.5) is 0 Å². The van der Waals surface area contributed by atoms with Crippen LogP contribution in [0, 0.1) is 5.41 Å². The van der Waals surface area contributed by atoms with Crippen molar-refractivity contribution in [2.75, 3.05) is 0 Å². The highest BCUT2D eigenvalue weighted by Crippen LogP contribution is 2.51. The second-order valence-corrected chi connectivity index (χ2v) is 4.96. The molecule has 0 aliphatic heterocycles. The molecular weight excluding hydrogens is 196 g/mol. The summed E-state index contributed by atoms with van der Waals surface area (Å²) in [4.78, 5) is 0. The summed E-state index contributed by atoms with van der Waals surface area (Å²) < 4.78 is 0. The molecule has 1 saturated carbocycles. The largest absolute Gasteiger partial charge is 0.388 e. The second-order valence-electron chi connectivity index (χ2n) is 4.55. The maximum absolute atomic E-state index is 9.99. The Morgan fingerprint density at radius 3 is 2.64 bits per heavy atom. The molecule has 0 radical (unpaired) electrons. The van der Waals surface area contributed by atoms with Gasteiger partial charge in [-0.25, -0.2) is 0 Å². The van der Waals surface area contributed by atoms with Crippen molar-refractivity contribution < 1.29 is 5.11 Å². The molecule has 1 aliphatic carbocycles. The van der Waals surface area contributed by atoms with Gasteiger partial charge in [0.2, 0.25) is 0 Å². The number of aliphatic hydroxyl groups is 1. The Bertz CT molecular complexity index is 331. The highest BCUT2D eigenvalue weighted by molar-refractivity contribution is 6.31. The lowest BCUT2D eigenvalue weighted by Crippen LogP contribution is -2.05. The minimum atomic E-state index is -0.406. The van der Waals surface area contributed by atoms with E-state index < -0.39 is 6.10 Å². The van der Waals surface area contributed by atoms with Crippen LogP contribution in [0.2, 0.25) is 5.02 Å². The van der Waals surface area contributed by atoms with E-state index in [-0.39, 0.29) is 0 Å². The lowest BCUT2D eigenvalue weighted by atomic mass is 9.96. The zero-order valence-corrected chi connectivity index (χ0v) is 9.09. The van der Waals surface area contributed by atoms with E-state index in [1.807, 2.05) is 24.3 Å². The number of benzene rings is 1. The molecule has 1 nitrogen and oxygen atoms in total. The average molecular weight is 211 g/mol. The maximum Gasteiger partial charge on any atom is 0.0809 e. The van der Waals surface area contributed by atoms with Crippen molar-refractivity contribution in [3.05, 3.63) is 34.9 Å². The molecule has 76 valence electrons. The van der Waals surface area contributed by atoms with Crippen LogP contribution in [0.25, 0.3) is 0 Å². The summed E-state index contributed by atoms with van der Waals surface area (Å²) in [6.07, 6.45) is 2.89. The number of aliphatic hydroxyl groups excluding tert-OH is 1. The molecule has 1 N–H and O–H groups in total. The van der Waals surface area contributed by atoms with Gasteiger partial charge >= 0.3 is 0 Å². The summed E-state index contributed by atoms with van der Waals surface area (Å²) in [5.41, 5.74) is 1.22. The van der Waals surface area contributed by atoms with E-state index in [1.165, 1.54) is 12.8 Å². The van der Waals surface area contributed by atoms with Gasteiger partial charge in [-0.1, -0.05) is 36.7 Å². The zero-order valence-electron chi connectivity index (χ0n) is 8.33. The molecule has 0 amide bonds. The fraction of sp³-hybridized carbons (Fsp3) is 0.500. The van der Waals surface area contributed by atoms with Crippen molar-refractivity contribution in [2.45, 2.75) is 32.3 Å². The van der Waals surface area contributed by atoms with Gasteiger partial charge in [-0.15, -0.1) is 0 Å². The number of halogens is 1. The van der Waals surface area contributed by atoms with Crippen LogP contribution >= 0.6 is 11.6 Å². The van der Waals surface area contributed by atoms with E-state index in [0.717, 1.165) is 12.0 Å². The molecular formula is C12H15ClO. The predicted octanol–water partition coefficient (Wildman–Crippen LogP) is 3.56. The van der Waals surface area contributed by atoms with Gasteiger partial charge in [0, 0.05) is 5.02 Å². The van der Waals surface area contributed by atoms with E-state index in [0.29, 0.717) is 10.4 Å². The van der Waals surface area contributed by atoms with Crippen LogP contribution in [0.3, 0.4) is 0 Å². The zero-order chi connectivity index (χ0) is 10.2. The van der Waals surface area contributed by atoms with Crippen molar-refractivity contribution in [1.82, 2.24) is 0 Å². The van der Waals surface area contributed by atoms with Gasteiger partial charge in [0.05, 0.1) is 6.10 Å². The third-order valence-corrected chi connectivity index (χ3v) is 3.40. The van der Waals surface area contributed by atoms with Crippen LogP contribution in [-0.2, 0) is 0 Å². The summed E-state index contributed by atoms with van der Waals surface area (Å²) in [6, 6.07) is 7.53. The molecule has 1 unspecified atom stereocenters. The first-order chi connectivity index (χ1) is 6.61. The number of rotatable bonds is 3. The molecule has 2 heteroatoms. The summed E-state index contributed by atoms with van der Waals surface area (Å²) in [6.45, 7) is 2.22. The summed E-state index contributed by atoms with van der Waals surface area (Å²) in [5, 5.41) is 10.7. The Hall–Kier alpha value is -0.530. The fourth-order valence-electron chi connectivity index (χ4n) is 1.74. The lowest BCUT2D eigenvalue weighted by Gasteiger charge is -2.16. The van der Waals surface area contributed by atoms with Gasteiger partial charge in [-0.3, -0.25) is 0 Å². The van der Waals surface area contributed by atoms with Crippen molar-refractivity contribution in [2.24, 2.45) is 5.41 Å². The topological polar surface area (TPSA) is 20.2 Å². The summed E-state index contributed by atoms with van der Waals surface area (Å²) >= 11 is 6.01. The van der Waals surface area contributed by atoms with Gasteiger partial charge in [0.1, 0.15) is 0 Å². The molecule has 2 rings (SSSR count). The quantitative estimate of drug-likeness (QED) is 0.809. The van der Waals surface area contributed by atoms with E-state index in [9.17, 15) is 5.11 Å². The average Bonchev–Trinajstić information content (AvgIpc) is 2.84. The van der Waals surface area contributed by atoms with Crippen LogP contribution < -0.4 is 0 Å². The lowest BCUT2D eigenvalue weighted by molar-refractivity contribution is 0.142. The molecule has 0 aromatic heterocycles. The van der Waals surface area contributed by atoms with Crippen molar-refractivity contribution in [3.8, 4) is 0 Å². The Kier molecular flexibility index (Phi) is 2.54. The maximum atomic E-state index is 9.99. The fourth-order valence-corrected chi connectivity index (χ4v) is 2.00. The van der Waals surface area contributed by atoms with Crippen molar-refractivity contribution in [1.29, 1.82) is 0 Å². The molecule has 0 heterocycles. The van der Waals surface area contributed by atoms with Gasteiger partial charge in [-0.2, -0.15) is 0 Å². The SMILES string of the molecule is CC1(CC(O)c2ccccc2Cl)CC1. The summed E-state index contributed by atoms with van der Waals surface area (Å²) in [7, 11) is 0. The number of hydrogen-bond donors (Lipinski definition) is 1. The van der Waals surface area contributed by atoms with Crippen molar-refractivity contribution in [3.63, 3.8) is 0 Å². The first-order valence-corrected chi connectivity index (χ1v) is 5.41. The Morgan fingerprint density at radius 2 is 2.07 bits per heavy atom. The monoisotopic (exact) mass is 210 g/mol. The van der Waals surface area contributed by atoms with E-state index in [2.05, 4.69) is 6.92 Å². The van der Waals surface area contributed by atoms with Crippen LogP contribution in [0.1, 0.15) is 37.9 Å². The minimum Gasteiger partial charge on any atom is -0.388 e. The van der Waals surface area contributed by atoms with Crippen LogP contribution in [0.5, 0.6) is 0 Å². The first-order valence-electron chi connectivity index (χ1n) is 5.03. The van der Waals surface area contributed by atoms with Gasteiger partial charge < -0.3 is 5.11 Å². The van der Waals surface area contributed by atoms with E-state index in [4.69, 9.17) is 11.6 Å². The molecule has 14 heavy (non-hydrogen) atoms. The minimum absolute atomic E-state index is 0.360. The molecule has 1 atom stereocenters. The van der Waals surface area contributed by atoms with E-state index >= 15 is 0 Å². The second kappa shape index (κ2) is 3.56. The van der Waals surface area contributed by atoms with Crippen LogP contribution in [0.15, 0.2) is 24.3 Å². The Balaban J connectivity index is 2.10. The first kappa shape index (κ1) is 10.0. The normalized spacial score (nSPS) is 20.5. The third kappa shape index (κ3) is 2.10. The Morgan fingerprint density at radius 1 is 1.43 bits per heavy atom. The molecule has 1 aromatic rings. The summed E-state index contributed by atoms with van der Waals surface area (Å²) in [5.74, 6) is 0. The highest BCUT2D eigenvalue weighted by atomic mass is 35.5. The third-order valence-electron chi connectivity index (χ3n) is 3.05. The van der Waals surface area contributed by atoms with Gasteiger partial charge in [-0.05, 0) is 36.3 Å². The standard InChI is InChI=1S/C12H15ClO/c1-12(6-7-12)8-11(14)9-4-2-3-5-10(9)13/h2-5,11,14H,6-8H2,1H3. The predicted molar refractivity (Wildman–Crippen MR) is 58.4 cm³/mol. The number of hydrogen-bond acceptors (Lipinski definition) is 1. The van der Waals surface area contributed by atoms with Crippen molar-refractivity contribution >= 4 is 11.6 Å². The molecule has 0 bridgehead atoms. The highest BCUT2D eigenvalue weighted by Gasteiger charge is 2.39. The van der Waals surface area contributed by atoms with E-state index in [1.54, 1.807) is 0 Å². The van der Waals surface area contributed by atoms with Gasteiger partial charge in [0.15, 0.2) is 0 Å². The van der Waals surface area contributed by atoms with Crippen LogP contribution in [-0.4, -0.2) is 5.11 Å².